The zero-order chi connectivity index (χ0) is 26.4. The molecule has 2 nitrogen and oxygen atoms in total. The molecule has 0 radical (unpaired) electrons. The first-order chi connectivity index (χ1) is 18.3. The highest BCUT2D eigenvalue weighted by Gasteiger charge is 2.55. The van der Waals surface area contributed by atoms with Gasteiger partial charge in [0.05, 0.1) is 0 Å². The number of allylic oxidation sites excluding steroid dienone is 5. The minimum atomic E-state index is 0.452. The maximum absolute atomic E-state index is 4.46. The molecule has 0 N–H and O–H groups in total. The van der Waals surface area contributed by atoms with Crippen molar-refractivity contribution in [2.24, 2.45) is 23.2 Å². The molecule has 0 bridgehead atoms. The molecule has 1 aromatic heterocycles. The summed E-state index contributed by atoms with van der Waals surface area (Å²) in [5.41, 5.74) is 12.0. The molecule has 5 atom stereocenters. The van der Waals surface area contributed by atoms with Gasteiger partial charge in [0, 0.05) is 37.6 Å². The molecule has 0 saturated heterocycles. The Labute approximate surface area is 230 Å². The van der Waals surface area contributed by atoms with E-state index in [1.807, 2.05) is 24.0 Å². The van der Waals surface area contributed by atoms with E-state index in [0.29, 0.717) is 11.3 Å². The lowest BCUT2D eigenvalue weighted by atomic mass is 9.52. The van der Waals surface area contributed by atoms with Gasteiger partial charge in [0.2, 0.25) is 0 Å². The van der Waals surface area contributed by atoms with Gasteiger partial charge in [-0.2, -0.15) is 0 Å². The van der Waals surface area contributed by atoms with Crippen LogP contribution in [0.15, 0.2) is 90.3 Å². The van der Waals surface area contributed by atoms with Crippen LogP contribution in [-0.2, 0) is 6.42 Å². The minimum absolute atomic E-state index is 0.452. The predicted octanol–water partition coefficient (Wildman–Crippen LogP) is 8.75. The van der Waals surface area contributed by atoms with Gasteiger partial charge in [0.15, 0.2) is 0 Å². The maximum Gasteiger partial charge on any atom is 0.0364 e. The summed E-state index contributed by atoms with van der Waals surface area (Å²) in [5, 5.41) is 0. The number of benzene rings is 1. The molecule has 1 aromatic carbocycles. The van der Waals surface area contributed by atoms with Crippen molar-refractivity contribution in [1.29, 1.82) is 0 Å². The van der Waals surface area contributed by atoms with Gasteiger partial charge >= 0.3 is 0 Å². The van der Waals surface area contributed by atoms with Gasteiger partial charge in [-0.3, -0.25) is 4.98 Å². The van der Waals surface area contributed by atoms with Crippen LogP contribution in [0, 0.1) is 23.2 Å². The third-order valence-electron chi connectivity index (χ3n) is 10.9. The predicted molar refractivity (Wildman–Crippen MR) is 160 cm³/mol. The summed E-state index contributed by atoms with van der Waals surface area (Å²) in [6.07, 6.45) is 16.2. The fourth-order valence-electron chi connectivity index (χ4n) is 8.40. The first kappa shape index (κ1) is 25.4. The lowest BCUT2D eigenvalue weighted by molar-refractivity contribution is 0.0716. The summed E-state index contributed by atoms with van der Waals surface area (Å²) in [6.45, 7) is 14.9. The smallest absolute Gasteiger partial charge is 0.0364 e. The Hall–Kier alpha value is -2.87. The average Bonchev–Trinajstić information content (AvgIpc) is 3.25. The van der Waals surface area contributed by atoms with E-state index < -0.39 is 0 Å². The van der Waals surface area contributed by atoms with Crippen molar-refractivity contribution >= 4 is 5.70 Å². The molecule has 0 aliphatic heterocycles. The van der Waals surface area contributed by atoms with Crippen LogP contribution in [-0.4, -0.2) is 23.5 Å². The van der Waals surface area contributed by atoms with Crippen LogP contribution in [0.5, 0.6) is 0 Å². The van der Waals surface area contributed by atoms with Crippen LogP contribution < -0.4 is 0 Å². The molecule has 1 unspecified atom stereocenters. The van der Waals surface area contributed by atoms with Crippen LogP contribution in [0.2, 0.25) is 0 Å². The molecule has 2 heteroatoms. The average molecular weight is 505 g/mol. The molecule has 2 aromatic rings. The Morgan fingerprint density at radius 2 is 1.89 bits per heavy atom. The van der Waals surface area contributed by atoms with Crippen molar-refractivity contribution in [2.45, 2.75) is 71.1 Å². The van der Waals surface area contributed by atoms with Gasteiger partial charge in [0.25, 0.3) is 0 Å². The van der Waals surface area contributed by atoms with Gasteiger partial charge in [-0.1, -0.05) is 74.6 Å². The number of hydrogen-bond donors (Lipinski definition) is 0. The minimum Gasteiger partial charge on any atom is -0.374 e. The van der Waals surface area contributed by atoms with Crippen LogP contribution in [0.25, 0.3) is 5.70 Å². The number of likely N-dealkylation sites (N-methyl/N-ethyl adjacent to an activating group) is 1. The number of aromatic nitrogens is 1. The van der Waals surface area contributed by atoms with Gasteiger partial charge < -0.3 is 4.90 Å². The summed E-state index contributed by atoms with van der Waals surface area (Å²) >= 11 is 0. The van der Waals surface area contributed by atoms with Gasteiger partial charge in [-0.15, -0.1) is 0 Å². The van der Waals surface area contributed by atoms with Crippen LogP contribution in [0.1, 0.15) is 81.4 Å². The number of fused-ring (bicyclic) bond motifs is 4. The Morgan fingerprint density at radius 3 is 2.66 bits per heavy atom. The van der Waals surface area contributed by atoms with Gasteiger partial charge in [-0.05, 0) is 108 Å². The van der Waals surface area contributed by atoms with Crippen molar-refractivity contribution in [2.75, 3.05) is 13.6 Å². The van der Waals surface area contributed by atoms with Crippen molar-refractivity contribution < 1.29 is 0 Å². The van der Waals surface area contributed by atoms with Gasteiger partial charge in [-0.25, -0.2) is 0 Å². The summed E-state index contributed by atoms with van der Waals surface area (Å²) < 4.78 is 0. The quantitative estimate of drug-likeness (QED) is 0.391. The topological polar surface area (TPSA) is 16.1 Å². The Balaban J connectivity index is 1.28. The molecule has 4 aliphatic rings. The standard InChI is InChI=1S/C36H44N2/c1-24-8-15-31-30(21-24)14-16-32-34-17-9-25(2)36(34,4)22-33(35(31)32)29-12-10-28(11-13-29)26(3)38(5)20-18-27-7-6-19-37-23-27/h6-7,10-13,19,21,23,25,32-34H,1,3,8-9,14-18,20,22H2,2,4-5H3/t25-,32-,33+,34?,36+/m0/s1. The van der Waals surface area contributed by atoms with Crippen LogP contribution >= 0.6 is 0 Å². The monoisotopic (exact) mass is 504 g/mol. The van der Waals surface area contributed by atoms with E-state index in [-0.39, 0.29) is 0 Å². The molecule has 38 heavy (non-hydrogen) atoms. The molecule has 4 aliphatic carbocycles. The first-order valence-electron chi connectivity index (χ1n) is 14.9. The van der Waals surface area contributed by atoms with E-state index in [9.17, 15) is 0 Å². The van der Waals surface area contributed by atoms with E-state index in [0.717, 1.165) is 42.8 Å². The van der Waals surface area contributed by atoms with E-state index in [1.165, 1.54) is 60.8 Å². The molecule has 6 rings (SSSR count). The molecule has 2 fully saturated rings. The van der Waals surface area contributed by atoms with E-state index >= 15 is 0 Å². The van der Waals surface area contributed by atoms with Crippen LogP contribution in [0.3, 0.4) is 0 Å². The first-order valence-corrected chi connectivity index (χ1v) is 14.9. The summed E-state index contributed by atoms with van der Waals surface area (Å²) in [7, 11) is 2.15. The van der Waals surface area contributed by atoms with Crippen molar-refractivity contribution in [1.82, 2.24) is 9.88 Å². The van der Waals surface area contributed by atoms with Crippen molar-refractivity contribution in [3.63, 3.8) is 0 Å². The largest absolute Gasteiger partial charge is 0.374 e. The fourth-order valence-corrected chi connectivity index (χ4v) is 8.40. The zero-order valence-electron chi connectivity index (χ0n) is 23.7. The molecular weight excluding hydrogens is 460 g/mol. The normalized spacial score (nSPS) is 30.3. The lowest BCUT2D eigenvalue weighted by Crippen LogP contribution is -2.42. The fraction of sp³-hybridized carbons (Fsp3) is 0.472. The third kappa shape index (κ3) is 4.40. The van der Waals surface area contributed by atoms with E-state index in [4.69, 9.17) is 0 Å². The highest BCUT2D eigenvalue weighted by atomic mass is 15.1. The Kier molecular flexibility index (Phi) is 6.70. The van der Waals surface area contributed by atoms with Gasteiger partial charge in [0.1, 0.15) is 0 Å². The van der Waals surface area contributed by atoms with Crippen molar-refractivity contribution in [3.05, 3.63) is 107 Å². The second kappa shape index (κ2) is 10.0. The Morgan fingerprint density at radius 1 is 1.08 bits per heavy atom. The second-order valence-corrected chi connectivity index (χ2v) is 12.9. The SMILES string of the molecule is C=C1C=C2CC[C@@H]3C(=C2CC1)[C@@H](c1ccc(C(=C)N(C)CCc2cccnc2)cc1)C[C@@]1(C)C3CC[C@@H]1C. The number of nitrogens with zero attached hydrogens (tertiary/aromatic N) is 2. The molecule has 0 spiro atoms. The Bertz CT molecular complexity index is 1280. The number of pyridine rings is 1. The lowest BCUT2D eigenvalue weighted by Gasteiger charge is -2.52. The van der Waals surface area contributed by atoms with Crippen LogP contribution in [0.4, 0.5) is 0 Å². The third-order valence-corrected chi connectivity index (χ3v) is 10.9. The van der Waals surface area contributed by atoms with Crippen molar-refractivity contribution in [3.8, 4) is 0 Å². The zero-order valence-corrected chi connectivity index (χ0v) is 23.7. The van der Waals surface area contributed by atoms with E-state index in [2.05, 4.69) is 80.3 Å². The highest BCUT2D eigenvalue weighted by molar-refractivity contribution is 5.62. The number of rotatable bonds is 6. The van der Waals surface area contributed by atoms with E-state index in [1.54, 1.807) is 11.1 Å². The summed E-state index contributed by atoms with van der Waals surface area (Å²) in [6, 6.07) is 13.7. The second-order valence-electron chi connectivity index (χ2n) is 12.9. The number of hydrogen-bond acceptors (Lipinski definition) is 2. The molecule has 198 valence electrons. The molecule has 2 saturated carbocycles. The molecular formula is C36H44N2. The summed E-state index contributed by atoms with van der Waals surface area (Å²) in [4.78, 5) is 6.53. The molecule has 1 heterocycles. The molecule has 0 amide bonds. The highest BCUT2D eigenvalue weighted by Crippen LogP contribution is 2.65. The maximum atomic E-state index is 4.46. The summed E-state index contributed by atoms with van der Waals surface area (Å²) in [5.74, 6) is 2.97.